The molecular weight excluding hydrogens is 470 g/mol. The molecular formula is C24H29N5OS3. The van der Waals surface area contributed by atoms with E-state index < -0.39 is 0 Å². The van der Waals surface area contributed by atoms with Crippen molar-refractivity contribution in [1.82, 2.24) is 14.8 Å². The van der Waals surface area contributed by atoms with Crippen molar-refractivity contribution in [3.8, 4) is 16.8 Å². The lowest BCUT2D eigenvalue weighted by Gasteiger charge is -2.33. The first-order chi connectivity index (χ1) is 15.7. The standard InChI is InChI=1S/C24H29N5OS3/c1-14(2)29-21(18-7-6-10-31-18)27-28-23(29)32-13-20(30)26-22-17(12-25)16-9-8-15(24(3,4)5)11-19(16)33-22/h6-7,10,14-15H,8-9,11,13H2,1-5H3,(H,26,30). The highest BCUT2D eigenvalue weighted by molar-refractivity contribution is 7.99. The van der Waals surface area contributed by atoms with E-state index >= 15 is 0 Å². The molecule has 4 rings (SSSR count). The molecule has 1 aliphatic carbocycles. The van der Waals surface area contributed by atoms with Crippen molar-refractivity contribution < 1.29 is 4.79 Å². The zero-order valence-corrected chi connectivity index (χ0v) is 22.1. The van der Waals surface area contributed by atoms with E-state index in [1.54, 1.807) is 22.7 Å². The van der Waals surface area contributed by atoms with Crippen LogP contribution in [-0.4, -0.2) is 26.4 Å². The summed E-state index contributed by atoms with van der Waals surface area (Å²) in [6.45, 7) is 11.0. The minimum atomic E-state index is -0.126. The highest BCUT2D eigenvalue weighted by Gasteiger charge is 2.32. The van der Waals surface area contributed by atoms with Crippen molar-refractivity contribution in [3.05, 3.63) is 33.5 Å². The molecule has 1 atom stereocenters. The molecule has 0 saturated carbocycles. The minimum absolute atomic E-state index is 0.126. The van der Waals surface area contributed by atoms with Crippen LogP contribution in [0, 0.1) is 22.7 Å². The van der Waals surface area contributed by atoms with Gasteiger partial charge in [0.05, 0.1) is 16.2 Å². The Hall–Kier alpha value is -2.15. The number of amides is 1. The van der Waals surface area contributed by atoms with Crippen LogP contribution in [0.5, 0.6) is 0 Å². The molecule has 0 aromatic carbocycles. The Balaban J connectivity index is 1.47. The number of thioether (sulfide) groups is 1. The van der Waals surface area contributed by atoms with E-state index in [9.17, 15) is 10.1 Å². The number of carbonyl (C=O) groups excluding carboxylic acids is 1. The average molecular weight is 500 g/mol. The number of nitrogens with zero attached hydrogens (tertiary/aromatic N) is 4. The molecule has 0 aliphatic heterocycles. The third-order valence-corrected chi connectivity index (χ3v) is 9.09. The second kappa shape index (κ2) is 9.61. The fourth-order valence-electron chi connectivity index (χ4n) is 4.24. The van der Waals surface area contributed by atoms with Gasteiger partial charge in [-0.25, -0.2) is 0 Å². The summed E-state index contributed by atoms with van der Waals surface area (Å²) in [5.41, 5.74) is 2.01. The summed E-state index contributed by atoms with van der Waals surface area (Å²) in [4.78, 5) is 15.1. The topological polar surface area (TPSA) is 83.6 Å². The third-order valence-electron chi connectivity index (χ3n) is 6.11. The maximum absolute atomic E-state index is 12.8. The zero-order valence-electron chi connectivity index (χ0n) is 19.6. The van der Waals surface area contributed by atoms with E-state index in [1.165, 1.54) is 16.6 Å². The summed E-state index contributed by atoms with van der Waals surface area (Å²) < 4.78 is 2.07. The van der Waals surface area contributed by atoms with Gasteiger partial charge in [-0.1, -0.05) is 38.6 Å². The smallest absolute Gasteiger partial charge is 0.235 e. The molecule has 3 heterocycles. The number of aromatic nitrogens is 3. The van der Waals surface area contributed by atoms with Gasteiger partial charge in [-0.3, -0.25) is 9.36 Å². The van der Waals surface area contributed by atoms with Crippen LogP contribution in [0.4, 0.5) is 5.00 Å². The first kappa shape index (κ1) is 24.0. The molecule has 1 N–H and O–H groups in total. The molecule has 1 unspecified atom stereocenters. The monoisotopic (exact) mass is 499 g/mol. The van der Waals surface area contributed by atoms with Crippen molar-refractivity contribution in [2.24, 2.45) is 11.3 Å². The van der Waals surface area contributed by atoms with Gasteiger partial charge in [0, 0.05) is 10.9 Å². The van der Waals surface area contributed by atoms with Crippen LogP contribution < -0.4 is 5.32 Å². The second-order valence-corrected chi connectivity index (χ2v) is 12.7. The number of nitriles is 1. The lowest BCUT2D eigenvalue weighted by Crippen LogP contribution is -2.26. The van der Waals surface area contributed by atoms with E-state index in [0.29, 0.717) is 16.5 Å². The second-order valence-electron chi connectivity index (χ2n) is 9.71. The Morgan fingerprint density at radius 2 is 2.18 bits per heavy atom. The molecule has 1 amide bonds. The third kappa shape index (κ3) is 5.03. The summed E-state index contributed by atoms with van der Waals surface area (Å²) in [5.74, 6) is 1.51. The largest absolute Gasteiger partial charge is 0.316 e. The fraction of sp³-hybridized carbons (Fsp3) is 0.500. The lowest BCUT2D eigenvalue weighted by atomic mass is 9.72. The number of rotatable bonds is 6. The average Bonchev–Trinajstić information content (AvgIpc) is 3.48. The van der Waals surface area contributed by atoms with Crippen LogP contribution in [-0.2, 0) is 17.6 Å². The lowest BCUT2D eigenvalue weighted by molar-refractivity contribution is -0.113. The van der Waals surface area contributed by atoms with E-state index in [1.807, 2.05) is 17.5 Å². The van der Waals surface area contributed by atoms with E-state index in [0.717, 1.165) is 40.7 Å². The van der Waals surface area contributed by atoms with Gasteiger partial charge in [0.15, 0.2) is 11.0 Å². The minimum Gasteiger partial charge on any atom is -0.316 e. The van der Waals surface area contributed by atoms with Gasteiger partial charge in [0.2, 0.25) is 5.91 Å². The molecule has 0 radical (unpaired) electrons. The zero-order chi connectivity index (χ0) is 23.8. The van der Waals surface area contributed by atoms with Gasteiger partial charge >= 0.3 is 0 Å². The Labute approximate surface area is 207 Å². The first-order valence-corrected chi connectivity index (χ1v) is 13.8. The van der Waals surface area contributed by atoms with Crippen molar-refractivity contribution in [2.75, 3.05) is 11.1 Å². The molecule has 6 nitrogen and oxygen atoms in total. The van der Waals surface area contributed by atoms with Gasteiger partial charge < -0.3 is 5.32 Å². The summed E-state index contributed by atoms with van der Waals surface area (Å²) in [7, 11) is 0. The van der Waals surface area contributed by atoms with E-state index in [2.05, 4.69) is 60.8 Å². The number of anilines is 1. The predicted molar refractivity (Wildman–Crippen MR) is 137 cm³/mol. The molecule has 0 fully saturated rings. The van der Waals surface area contributed by atoms with E-state index in [4.69, 9.17) is 0 Å². The van der Waals surface area contributed by atoms with Crippen molar-refractivity contribution in [2.45, 2.75) is 65.1 Å². The van der Waals surface area contributed by atoms with Crippen molar-refractivity contribution in [1.29, 1.82) is 5.26 Å². The Morgan fingerprint density at radius 1 is 1.39 bits per heavy atom. The number of carbonyl (C=O) groups is 1. The quantitative estimate of drug-likeness (QED) is 0.397. The highest BCUT2D eigenvalue weighted by atomic mass is 32.2. The number of nitrogens with one attached hydrogen (secondary N) is 1. The highest BCUT2D eigenvalue weighted by Crippen LogP contribution is 2.44. The van der Waals surface area contributed by atoms with Gasteiger partial charge in [-0.05, 0) is 61.5 Å². The van der Waals surface area contributed by atoms with Crippen LogP contribution in [0.1, 0.15) is 63.1 Å². The number of hydrogen-bond donors (Lipinski definition) is 1. The molecule has 1 aliphatic rings. The van der Waals surface area contributed by atoms with Crippen LogP contribution in [0.25, 0.3) is 10.7 Å². The number of thiophene rings is 2. The molecule has 33 heavy (non-hydrogen) atoms. The normalized spacial score (nSPS) is 16.0. The maximum Gasteiger partial charge on any atom is 0.235 e. The summed E-state index contributed by atoms with van der Waals surface area (Å²) in [5, 5.41) is 24.9. The molecule has 0 saturated heterocycles. The molecule has 0 spiro atoms. The van der Waals surface area contributed by atoms with Crippen LogP contribution in [0.3, 0.4) is 0 Å². The molecule has 9 heteroatoms. The van der Waals surface area contributed by atoms with Gasteiger partial charge in [-0.2, -0.15) is 5.26 Å². The van der Waals surface area contributed by atoms with Crippen molar-refractivity contribution in [3.63, 3.8) is 0 Å². The van der Waals surface area contributed by atoms with Crippen LogP contribution in [0.2, 0.25) is 0 Å². The molecule has 3 aromatic heterocycles. The SMILES string of the molecule is CC(C)n1c(SCC(=O)Nc2sc3c(c2C#N)CCC(C(C)(C)C)C3)nnc1-c1cccs1. The Bertz CT molecular complexity index is 1180. The predicted octanol–water partition coefficient (Wildman–Crippen LogP) is 6.40. The summed E-state index contributed by atoms with van der Waals surface area (Å²) in [6.07, 6.45) is 2.97. The van der Waals surface area contributed by atoms with Gasteiger partial charge in [0.1, 0.15) is 11.1 Å². The molecule has 0 bridgehead atoms. The van der Waals surface area contributed by atoms with E-state index in [-0.39, 0.29) is 23.1 Å². The number of hydrogen-bond acceptors (Lipinski definition) is 7. The fourth-order valence-corrected chi connectivity index (χ4v) is 7.11. The number of fused-ring (bicyclic) bond motifs is 1. The molecule has 174 valence electrons. The summed E-state index contributed by atoms with van der Waals surface area (Å²) in [6, 6.07) is 6.54. The van der Waals surface area contributed by atoms with Crippen LogP contribution in [0.15, 0.2) is 22.7 Å². The molecule has 3 aromatic rings. The van der Waals surface area contributed by atoms with Gasteiger partial charge in [0.25, 0.3) is 0 Å². The van der Waals surface area contributed by atoms with Crippen LogP contribution >= 0.6 is 34.4 Å². The van der Waals surface area contributed by atoms with Crippen molar-refractivity contribution >= 4 is 45.3 Å². The first-order valence-electron chi connectivity index (χ1n) is 11.1. The summed E-state index contributed by atoms with van der Waals surface area (Å²) >= 11 is 4.57. The Morgan fingerprint density at radius 3 is 2.82 bits per heavy atom. The van der Waals surface area contributed by atoms with Gasteiger partial charge in [-0.15, -0.1) is 32.9 Å². The maximum atomic E-state index is 12.8. The Kier molecular flexibility index (Phi) is 6.99.